The van der Waals surface area contributed by atoms with E-state index in [2.05, 4.69) is 27.8 Å². The normalized spacial score (nSPS) is 10.9. The molecule has 0 atom stereocenters. The Morgan fingerprint density at radius 3 is 2.53 bits per heavy atom. The lowest BCUT2D eigenvalue weighted by molar-refractivity contribution is -0.117. The van der Waals surface area contributed by atoms with Gasteiger partial charge in [-0.3, -0.25) is 4.79 Å². The Morgan fingerprint density at radius 1 is 1.14 bits per heavy atom. The van der Waals surface area contributed by atoms with Crippen molar-refractivity contribution >= 4 is 51.1 Å². The number of ether oxygens (including phenoxy) is 2. The number of rotatable bonds is 10. The molecule has 1 amide bonds. The highest BCUT2D eigenvalue weighted by molar-refractivity contribution is 9.10. The maximum absolute atomic E-state index is 12.7. The van der Waals surface area contributed by atoms with E-state index in [-0.39, 0.29) is 18.7 Å². The predicted molar refractivity (Wildman–Crippen MR) is 147 cm³/mol. The highest BCUT2D eigenvalue weighted by atomic mass is 79.9. The molecule has 0 bridgehead atoms. The molecule has 0 aliphatic rings. The van der Waals surface area contributed by atoms with Gasteiger partial charge in [-0.15, -0.1) is 6.58 Å². The highest BCUT2D eigenvalue weighted by Crippen LogP contribution is 2.34. The summed E-state index contributed by atoms with van der Waals surface area (Å²) in [5.41, 5.74) is 3.18. The number of carbonyl (C=O) groups excluding carboxylic acids is 1. The Hall–Kier alpha value is -3.24. The summed E-state index contributed by atoms with van der Waals surface area (Å²) >= 11 is 15.8. The van der Waals surface area contributed by atoms with Crippen molar-refractivity contribution in [1.29, 1.82) is 5.26 Å². The molecule has 0 unspecified atom stereocenters. The summed E-state index contributed by atoms with van der Waals surface area (Å²) in [6.07, 6.45) is 3.82. The molecule has 0 aliphatic heterocycles. The third-order valence-electron chi connectivity index (χ3n) is 5.18. The fraction of sp³-hybridized carbons (Fsp3) is 0.143. The van der Waals surface area contributed by atoms with E-state index >= 15 is 0 Å². The van der Waals surface area contributed by atoms with Gasteiger partial charge in [-0.25, -0.2) is 0 Å². The molecule has 3 aromatic carbocycles. The molecule has 184 valence electrons. The van der Waals surface area contributed by atoms with Crippen LogP contribution in [0.25, 0.3) is 6.08 Å². The Bertz CT molecular complexity index is 1330. The summed E-state index contributed by atoms with van der Waals surface area (Å²) in [6.45, 7) is 4.35. The number of nitrogens with zero attached hydrogens (tertiary/aromatic N) is 1. The number of nitriles is 1. The maximum Gasteiger partial charge on any atom is 0.262 e. The molecular formula is C28H23BrCl2N2O3. The van der Waals surface area contributed by atoms with Crippen LogP contribution in [0.5, 0.6) is 11.5 Å². The number of nitrogens with one attached hydrogen (secondary N) is 1. The van der Waals surface area contributed by atoms with Gasteiger partial charge in [-0.2, -0.15) is 5.26 Å². The van der Waals surface area contributed by atoms with E-state index in [0.717, 1.165) is 22.4 Å². The first-order valence-corrected chi connectivity index (χ1v) is 12.4. The fourth-order valence-electron chi connectivity index (χ4n) is 3.35. The van der Waals surface area contributed by atoms with Crippen molar-refractivity contribution in [2.45, 2.75) is 19.6 Å². The van der Waals surface area contributed by atoms with Crippen LogP contribution >= 0.6 is 39.1 Å². The molecule has 1 N–H and O–H groups in total. The molecule has 0 heterocycles. The monoisotopic (exact) mass is 584 g/mol. The Morgan fingerprint density at radius 2 is 1.89 bits per heavy atom. The van der Waals surface area contributed by atoms with Gasteiger partial charge in [0.2, 0.25) is 0 Å². The maximum atomic E-state index is 12.7. The number of methoxy groups -OCH3 is 1. The molecule has 0 aromatic heterocycles. The van der Waals surface area contributed by atoms with Crippen molar-refractivity contribution in [3.8, 4) is 17.6 Å². The van der Waals surface area contributed by atoms with Crippen LogP contribution in [0.2, 0.25) is 10.0 Å². The van der Waals surface area contributed by atoms with Crippen molar-refractivity contribution in [2.24, 2.45) is 0 Å². The molecular weight excluding hydrogens is 563 g/mol. The van der Waals surface area contributed by atoms with Gasteiger partial charge >= 0.3 is 0 Å². The number of allylic oxidation sites excluding steroid dienone is 1. The molecule has 0 spiro atoms. The SMILES string of the molecule is C=CCc1cc(/C=C(/C#N)C(=O)NCc2ccc(OC)cc2)cc(Br)c1OCc1ccc(Cl)cc1Cl. The standard InChI is InChI=1S/C28H23BrCl2N2O3/c1-3-4-20-11-19(13-25(29)27(20)36-17-21-7-8-23(30)14-26(21)31)12-22(15-32)28(34)33-16-18-5-9-24(35-2)10-6-18/h3,5-14H,1,4,16-17H2,2H3,(H,33,34)/b22-12-. The molecule has 0 radical (unpaired) electrons. The molecule has 8 heteroatoms. The number of halogens is 3. The summed E-state index contributed by atoms with van der Waals surface area (Å²) in [5, 5.41) is 13.4. The zero-order valence-corrected chi connectivity index (χ0v) is 22.6. The zero-order chi connectivity index (χ0) is 26.1. The van der Waals surface area contributed by atoms with Gasteiger partial charge in [0.1, 0.15) is 29.7 Å². The molecule has 0 saturated carbocycles. The summed E-state index contributed by atoms with van der Waals surface area (Å²) in [7, 11) is 1.59. The number of carbonyl (C=O) groups is 1. The average Bonchev–Trinajstić information content (AvgIpc) is 2.86. The van der Waals surface area contributed by atoms with E-state index in [9.17, 15) is 10.1 Å². The molecule has 36 heavy (non-hydrogen) atoms. The van der Waals surface area contributed by atoms with Crippen LogP contribution < -0.4 is 14.8 Å². The predicted octanol–water partition coefficient (Wildman–Crippen LogP) is 7.30. The topological polar surface area (TPSA) is 71.4 Å². The Kier molecular flexibility index (Phi) is 10.0. The second-order valence-electron chi connectivity index (χ2n) is 7.71. The van der Waals surface area contributed by atoms with Crippen LogP contribution in [0.15, 0.2) is 77.3 Å². The lowest BCUT2D eigenvalue weighted by Crippen LogP contribution is -2.23. The minimum Gasteiger partial charge on any atom is -0.497 e. The van der Waals surface area contributed by atoms with Crippen LogP contribution in [0, 0.1) is 11.3 Å². The zero-order valence-electron chi connectivity index (χ0n) is 19.5. The summed E-state index contributed by atoms with van der Waals surface area (Å²) in [4.78, 5) is 12.7. The van der Waals surface area contributed by atoms with Crippen molar-refractivity contribution in [3.63, 3.8) is 0 Å². The minimum absolute atomic E-state index is 0.0124. The van der Waals surface area contributed by atoms with E-state index in [1.165, 1.54) is 0 Å². The first kappa shape index (κ1) is 27.3. The lowest BCUT2D eigenvalue weighted by Gasteiger charge is -2.15. The van der Waals surface area contributed by atoms with Gasteiger partial charge in [-0.1, -0.05) is 47.5 Å². The molecule has 0 fully saturated rings. The van der Waals surface area contributed by atoms with Gasteiger partial charge < -0.3 is 14.8 Å². The summed E-state index contributed by atoms with van der Waals surface area (Å²) in [6, 6.07) is 18.2. The van der Waals surface area contributed by atoms with E-state index in [4.69, 9.17) is 32.7 Å². The van der Waals surface area contributed by atoms with Crippen LogP contribution in [-0.2, 0) is 24.4 Å². The van der Waals surface area contributed by atoms with Crippen molar-refractivity contribution in [1.82, 2.24) is 5.32 Å². The van der Waals surface area contributed by atoms with Gasteiger partial charge in [0.15, 0.2) is 0 Å². The number of benzene rings is 3. The summed E-state index contributed by atoms with van der Waals surface area (Å²) in [5.74, 6) is 0.889. The molecule has 3 aromatic rings. The second-order valence-corrected chi connectivity index (χ2v) is 9.41. The van der Waals surface area contributed by atoms with Crippen LogP contribution in [0.3, 0.4) is 0 Å². The Labute approximate surface area is 229 Å². The molecule has 0 saturated heterocycles. The number of amides is 1. The lowest BCUT2D eigenvalue weighted by atomic mass is 10.0. The molecule has 3 rings (SSSR count). The largest absolute Gasteiger partial charge is 0.497 e. The Balaban J connectivity index is 1.78. The first-order chi connectivity index (χ1) is 17.3. The van der Waals surface area contributed by atoms with Gasteiger partial charge in [0.25, 0.3) is 5.91 Å². The van der Waals surface area contributed by atoms with E-state index < -0.39 is 5.91 Å². The highest BCUT2D eigenvalue weighted by Gasteiger charge is 2.14. The smallest absolute Gasteiger partial charge is 0.262 e. The summed E-state index contributed by atoms with van der Waals surface area (Å²) < 4.78 is 11.9. The molecule has 0 aliphatic carbocycles. The van der Waals surface area contributed by atoms with Crippen molar-refractivity contribution < 1.29 is 14.3 Å². The van der Waals surface area contributed by atoms with Gasteiger partial charge in [0, 0.05) is 22.2 Å². The minimum atomic E-state index is -0.465. The van der Waals surface area contributed by atoms with E-state index in [0.29, 0.717) is 32.3 Å². The van der Waals surface area contributed by atoms with Crippen LogP contribution in [0.4, 0.5) is 0 Å². The van der Waals surface area contributed by atoms with Crippen LogP contribution in [-0.4, -0.2) is 13.0 Å². The first-order valence-electron chi connectivity index (χ1n) is 10.9. The van der Waals surface area contributed by atoms with Crippen molar-refractivity contribution in [3.05, 3.63) is 110 Å². The third-order valence-corrected chi connectivity index (χ3v) is 6.36. The van der Waals surface area contributed by atoms with Gasteiger partial charge in [0.05, 0.1) is 11.6 Å². The number of hydrogen-bond donors (Lipinski definition) is 1. The second kappa shape index (κ2) is 13.2. The van der Waals surface area contributed by atoms with Gasteiger partial charge in [-0.05, 0) is 81.5 Å². The quantitative estimate of drug-likeness (QED) is 0.154. The fourth-order valence-corrected chi connectivity index (χ4v) is 4.45. The average molecular weight is 586 g/mol. The van der Waals surface area contributed by atoms with Crippen molar-refractivity contribution in [2.75, 3.05) is 7.11 Å². The third kappa shape index (κ3) is 7.38. The molecule has 5 nitrogen and oxygen atoms in total. The van der Waals surface area contributed by atoms with E-state index in [1.807, 2.05) is 42.5 Å². The van der Waals surface area contributed by atoms with Crippen LogP contribution in [0.1, 0.15) is 22.3 Å². The number of hydrogen-bond acceptors (Lipinski definition) is 4. The van der Waals surface area contributed by atoms with E-state index in [1.54, 1.807) is 37.5 Å².